The molecule has 1 heterocycles. The number of hydrogen-bond donors (Lipinski definition) is 2. The van der Waals surface area contributed by atoms with Gasteiger partial charge in [0.1, 0.15) is 12.4 Å². The average molecular weight is 271 g/mol. The molecule has 1 amide bonds. The van der Waals surface area contributed by atoms with Gasteiger partial charge in [0, 0.05) is 18.0 Å². The van der Waals surface area contributed by atoms with Crippen molar-refractivity contribution in [2.45, 2.75) is 0 Å². The van der Waals surface area contributed by atoms with Crippen LogP contribution in [0.2, 0.25) is 0 Å². The van der Waals surface area contributed by atoms with Crippen LogP contribution in [0.25, 0.3) is 0 Å². The van der Waals surface area contributed by atoms with Crippen LogP contribution in [0.5, 0.6) is 0 Å². The van der Waals surface area contributed by atoms with Gasteiger partial charge in [-0.25, -0.2) is 9.37 Å². The summed E-state index contributed by atoms with van der Waals surface area (Å²) in [5.74, 6) is 3.88. The summed E-state index contributed by atoms with van der Waals surface area (Å²) in [6, 6.07) is 3.95. The number of carbonyl (C=O) groups is 1. The monoisotopic (exact) mass is 271 g/mol. The van der Waals surface area contributed by atoms with Crippen molar-refractivity contribution in [2.75, 3.05) is 11.9 Å². The van der Waals surface area contributed by atoms with Gasteiger partial charge in [-0.15, -0.1) is 0 Å². The molecule has 2 aromatic rings. The minimum atomic E-state index is -0.698. The van der Waals surface area contributed by atoms with Crippen LogP contribution in [0, 0.1) is 17.7 Å². The maximum atomic E-state index is 13.8. The third-order valence-electron chi connectivity index (χ3n) is 2.33. The second-order valence-corrected chi connectivity index (χ2v) is 3.70. The number of nitrogens with one attached hydrogen (secondary N) is 1. The Kier molecular flexibility index (Phi) is 4.37. The number of aromatic nitrogens is 2. The average Bonchev–Trinajstić information content (AvgIpc) is 2.46. The second kappa shape index (κ2) is 6.41. The molecule has 0 atom stereocenters. The third kappa shape index (κ3) is 3.37. The molecular formula is C14H10FN3O2. The summed E-state index contributed by atoms with van der Waals surface area (Å²) in [6.45, 7) is -0.309. The maximum absolute atomic E-state index is 13.8. The molecule has 0 fully saturated rings. The molecule has 1 aromatic heterocycles. The lowest BCUT2D eigenvalue weighted by Crippen LogP contribution is -2.14. The first-order valence-corrected chi connectivity index (χ1v) is 5.67. The van der Waals surface area contributed by atoms with Gasteiger partial charge in [-0.1, -0.05) is 11.8 Å². The lowest BCUT2D eigenvalue weighted by atomic mass is 10.1. The summed E-state index contributed by atoms with van der Waals surface area (Å²) in [5.41, 5.74) is 0.262. The summed E-state index contributed by atoms with van der Waals surface area (Å²) >= 11 is 0. The number of anilines is 1. The number of carbonyl (C=O) groups excluding carboxylic acids is 1. The smallest absolute Gasteiger partial charge is 0.259 e. The first kappa shape index (κ1) is 13.6. The van der Waals surface area contributed by atoms with Crippen LogP contribution in [-0.2, 0) is 0 Å². The van der Waals surface area contributed by atoms with Crippen molar-refractivity contribution in [3.8, 4) is 11.8 Å². The predicted molar refractivity (Wildman–Crippen MR) is 70.3 cm³/mol. The van der Waals surface area contributed by atoms with Gasteiger partial charge < -0.3 is 10.4 Å². The normalized spacial score (nSPS) is 9.50. The van der Waals surface area contributed by atoms with E-state index in [1.807, 2.05) is 0 Å². The van der Waals surface area contributed by atoms with E-state index in [1.165, 1.54) is 30.7 Å². The molecule has 20 heavy (non-hydrogen) atoms. The molecule has 0 aliphatic carbocycles. The van der Waals surface area contributed by atoms with Crippen LogP contribution >= 0.6 is 0 Å². The van der Waals surface area contributed by atoms with E-state index < -0.39 is 11.7 Å². The van der Waals surface area contributed by atoms with E-state index in [-0.39, 0.29) is 18.0 Å². The molecule has 0 spiro atoms. The molecule has 0 saturated carbocycles. The Morgan fingerprint density at radius 3 is 2.90 bits per heavy atom. The SMILES string of the molecule is O=C(Nc1cnccn1)c1ccc(C#CCO)cc1F. The van der Waals surface area contributed by atoms with Gasteiger partial charge >= 0.3 is 0 Å². The maximum Gasteiger partial charge on any atom is 0.259 e. The summed E-state index contributed by atoms with van der Waals surface area (Å²) in [4.78, 5) is 19.5. The summed E-state index contributed by atoms with van der Waals surface area (Å²) < 4.78 is 13.8. The Hall–Kier alpha value is -2.78. The molecular weight excluding hydrogens is 261 g/mol. The molecule has 2 N–H and O–H groups in total. The standard InChI is InChI=1S/C14H10FN3O2/c15-12-8-10(2-1-7-19)3-4-11(12)14(20)18-13-9-16-5-6-17-13/h3-6,8-9,19H,7H2,(H,17,18,20). The van der Waals surface area contributed by atoms with Crippen molar-refractivity contribution in [2.24, 2.45) is 0 Å². The van der Waals surface area contributed by atoms with Gasteiger partial charge in [-0.05, 0) is 18.2 Å². The highest BCUT2D eigenvalue weighted by Crippen LogP contribution is 2.12. The summed E-state index contributed by atoms with van der Waals surface area (Å²) in [6.07, 6.45) is 4.24. The zero-order valence-corrected chi connectivity index (χ0v) is 10.3. The zero-order valence-electron chi connectivity index (χ0n) is 10.3. The lowest BCUT2D eigenvalue weighted by molar-refractivity contribution is 0.102. The van der Waals surface area contributed by atoms with Crippen LogP contribution in [0.3, 0.4) is 0 Å². The molecule has 5 nitrogen and oxygen atoms in total. The van der Waals surface area contributed by atoms with Crippen molar-refractivity contribution in [3.63, 3.8) is 0 Å². The van der Waals surface area contributed by atoms with Gasteiger partial charge in [0.15, 0.2) is 5.82 Å². The van der Waals surface area contributed by atoms with Crippen LogP contribution in [0.1, 0.15) is 15.9 Å². The third-order valence-corrected chi connectivity index (χ3v) is 2.33. The van der Waals surface area contributed by atoms with E-state index in [0.29, 0.717) is 5.56 Å². The van der Waals surface area contributed by atoms with Crippen LogP contribution < -0.4 is 5.32 Å². The van der Waals surface area contributed by atoms with Crippen LogP contribution in [0.4, 0.5) is 10.2 Å². The van der Waals surface area contributed by atoms with E-state index in [4.69, 9.17) is 5.11 Å². The predicted octanol–water partition coefficient (Wildman–Crippen LogP) is 1.21. The van der Waals surface area contributed by atoms with Crippen molar-refractivity contribution in [1.82, 2.24) is 9.97 Å². The molecule has 0 aliphatic rings. The molecule has 2 rings (SSSR count). The molecule has 6 heteroatoms. The van der Waals surface area contributed by atoms with E-state index >= 15 is 0 Å². The lowest BCUT2D eigenvalue weighted by Gasteiger charge is -2.05. The topological polar surface area (TPSA) is 75.1 Å². The van der Waals surface area contributed by atoms with Gasteiger partial charge in [0.2, 0.25) is 0 Å². The van der Waals surface area contributed by atoms with E-state index in [1.54, 1.807) is 0 Å². The Balaban J connectivity index is 2.18. The van der Waals surface area contributed by atoms with Gasteiger partial charge in [-0.2, -0.15) is 0 Å². The van der Waals surface area contributed by atoms with Crippen molar-refractivity contribution >= 4 is 11.7 Å². The number of hydrogen-bond acceptors (Lipinski definition) is 4. The Morgan fingerprint density at radius 2 is 2.25 bits per heavy atom. The van der Waals surface area contributed by atoms with E-state index in [0.717, 1.165) is 6.07 Å². The number of amides is 1. The number of nitrogens with zero attached hydrogens (tertiary/aromatic N) is 2. The van der Waals surface area contributed by atoms with Crippen LogP contribution in [-0.4, -0.2) is 27.6 Å². The number of halogens is 1. The van der Waals surface area contributed by atoms with E-state index in [2.05, 4.69) is 27.1 Å². The van der Waals surface area contributed by atoms with Gasteiger partial charge in [0.05, 0.1) is 11.8 Å². The summed E-state index contributed by atoms with van der Waals surface area (Å²) in [7, 11) is 0. The van der Waals surface area contributed by atoms with Crippen molar-refractivity contribution in [3.05, 3.63) is 53.7 Å². The second-order valence-electron chi connectivity index (χ2n) is 3.70. The van der Waals surface area contributed by atoms with Crippen molar-refractivity contribution < 1.29 is 14.3 Å². The molecule has 1 aromatic carbocycles. The molecule has 0 aliphatic heterocycles. The minimum Gasteiger partial charge on any atom is -0.384 e. The molecule has 0 saturated heterocycles. The highest BCUT2D eigenvalue weighted by molar-refractivity contribution is 6.03. The first-order chi connectivity index (χ1) is 9.70. The minimum absolute atomic E-state index is 0.120. The molecule has 0 unspecified atom stereocenters. The molecule has 0 bridgehead atoms. The first-order valence-electron chi connectivity index (χ1n) is 5.67. The Labute approximate surface area is 114 Å². The fraction of sp³-hybridized carbons (Fsp3) is 0.0714. The van der Waals surface area contributed by atoms with Crippen LogP contribution in [0.15, 0.2) is 36.8 Å². The van der Waals surface area contributed by atoms with E-state index in [9.17, 15) is 9.18 Å². The molecule has 100 valence electrons. The van der Waals surface area contributed by atoms with Crippen molar-refractivity contribution in [1.29, 1.82) is 0 Å². The highest BCUT2D eigenvalue weighted by atomic mass is 19.1. The Bertz CT molecular complexity index is 678. The number of benzene rings is 1. The van der Waals surface area contributed by atoms with Gasteiger partial charge in [-0.3, -0.25) is 9.78 Å². The fourth-order valence-electron chi connectivity index (χ4n) is 1.47. The number of aliphatic hydroxyl groups is 1. The quantitative estimate of drug-likeness (QED) is 0.805. The van der Waals surface area contributed by atoms with Gasteiger partial charge in [0.25, 0.3) is 5.91 Å². The number of rotatable bonds is 2. The molecule has 0 radical (unpaired) electrons. The number of aliphatic hydroxyl groups excluding tert-OH is 1. The highest BCUT2D eigenvalue weighted by Gasteiger charge is 2.12. The largest absolute Gasteiger partial charge is 0.384 e. The zero-order chi connectivity index (χ0) is 14.4. The fourth-order valence-corrected chi connectivity index (χ4v) is 1.47. The Morgan fingerprint density at radius 1 is 1.40 bits per heavy atom. The summed E-state index contributed by atoms with van der Waals surface area (Å²) in [5, 5.41) is 11.0.